The second-order valence-corrected chi connectivity index (χ2v) is 5.24. The third kappa shape index (κ3) is 2.52. The van der Waals surface area contributed by atoms with E-state index in [4.69, 9.17) is 4.74 Å². The number of hydrogen-bond acceptors (Lipinski definition) is 3. The van der Waals surface area contributed by atoms with Gasteiger partial charge in [-0.05, 0) is 13.1 Å². The van der Waals surface area contributed by atoms with Crippen LogP contribution in [0.5, 0.6) is 0 Å². The molecule has 0 saturated carbocycles. The topological polar surface area (TPSA) is 37.6 Å². The van der Waals surface area contributed by atoms with Crippen molar-refractivity contribution < 1.29 is 9.84 Å². The van der Waals surface area contributed by atoms with Gasteiger partial charge in [-0.15, -0.1) is 0 Å². The van der Waals surface area contributed by atoms with Crippen molar-refractivity contribution in [1.29, 1.82) is 0 Å². The number of aliphatic hydroxyl groups excluding tert-OH is 1. The van der Waals surface area contributed by atoms with Crippen molar-refractivity contribution in [1.82, 2.24) is 9.47 Å². The molecule has 1 unspecified atom stereocenters. The van der Waals surface area contributed by atoms with Crippen LogP contribution in [0.25, 0.3) is 10.9 Å². The fourth-order valence-electron chi connectivity index (χ4n) is 2.80. The highest BCUT2D eigenvalue weighted by molar-refractivity contribution is 5.83. The van der Waals surface area contributed by atoms with Crippen LogP contribution in [0, 0.1) is 0 Å². The summed E-state index contributed by atoms with van der Waals surface area (Å²) in [5.74, 6) is 0. The highest BCUT2D eigenvalue weighted by Gasteiger charge is 2.19. The lowest BCUT2D eigenvalue weighted by Gasteiger charge is -2.30. The molecule has 4 nitrogen and oxygen atoms in total. The number of benzene rings is 1. The summed E-state index contributed by atoms with van der Waals surface area (Å²) in [6.07, 6.45) is 2.27. The van der Waals surface area contributed by atoms with Crippen LogP contribution in [-0.2, 0) is 17.9 Å². The molecule has 102 valence electrons. The zero-order valence-corrected chi connectivity index (χ0v) is 11.2. The maximum absolute atomic E-state index is 9.44. The van der Waals surface area contributed by atoms with E-state index >= 15 is 0 Å². The fourth-order valence-corrected chi connectivity index (χ4v) is 2.80. The van der Waals surface area contributed by atoms with Gasteiger partial charge in [0.05, 0.1) is 25.9 Å². The Hall–Kier alpha value is -1.36. The monoisotopic (exact) mass is 260 g/mol. The van der Waals surface area contributed by atoms with Crippen LogP contribution >= 0.6 is 0 Å². The van der Waals surface area contributed by atoms with Gasteiger partial charge in [0.2, 0.25) is 0 Å². The lowest BCUT2D eigenvalue weighted by Crippen LogP contribution is -2.41. The van der Waals surface area contributed by atoms with Gasteiger partial charge in [0.25, 0.3) is 0 Å². The minimum Gasteiger partial charge on any atom is -0.392 e. The Morgan fingerprint density at radius 3 is 3.00 bits per heavy atom. The first kappa shape index (κ1) is 12.7. The number of aliphatic hydroxyl groups is 1. The molecule has 0 amide bonds. The molecule has 1 aromatic carbocycles. The number of rotatable bonds is 3. The summed E-state index contributed by atoms with van der Waals surface area (Å²) < 4.78 is 8.02. The fraction of sp³-hybridized carbons (Fsp3) is 0.467. The van der Waals surface area contributed by atoms with E-state index in [0.29, 0.717) is 0 Å². The van der Waals surface area contributed by atoms with Crippen LogP contribution in [0.3, 0.4) is 0 Å². The van der Waals surface area contributed by atoms with Crippen molar-refractivity contribution in [3.63, 3.8) is 0 Å². The van der Waals surface area contributed by atoms with Gasteiger partial charge in [-0.3, -0.25) is 0 Å². The van der Waals surface area contributed by atoms with Crippen LogP contribution in [0.15, 0.2) is 30.5 Å². The Morgan fingerprint density at radius 2 is 2.21 bits per heavy atom. The first-order valence-corrected chi connectivity index (χ1v) is 6.75. The van der Waals surface area contributed by atoms with Crippen molar-refractivity contribution >= 4 is 10.9 Å². The summed E-state index contributed by atoms with van der Waals surface area (Å²) in [5.41, 5.74) is 2.16. The summed E-state index contributed by atoms with van der Waals surface area (Å²) in [4.78, 5) is 2.30. The maximum atomic E-state index is 9.44. The summed E-state index contributed by atoms with van der Waals surface area (Å²) in [6, 6.07) is 8.21. The smallest absolute Gasteiger partial charge is 0.0881 e. The van der Waals surface area contributed by atoms with Gasteiger partial charge in [-0.2, -0.15) is 0 Å². The van der Waals surface area contributed by atoms with E-state index in [2.05, 4.69) is 28.6 Å². The minimum atomic E-state index is 0.0823. The van der Waals surface area contributed by atoms with Gasteiger partial charge in [0.15, 0.2) is 0 Å². The molecule has 1 aliphatic heterocycles. The molecule has 1 atom stereocenters. The predicted octanol–water partition coefficient (Wildman–Crippen LogP) is 1.46. The Balaban J connectivity index is 1.88. The molecule has 1 N–H and O–H groups in total. The van der Waals surface area contributed by atoms with E-state index in [0.717, 1.165) is 37.2 Å². The number of aromatic nitrogens is 1. The Bertz CT molecular complexity index is 564. The maximum Gasteiger partial charge on any atom is 0.0881 e. The van der Waals surface area contributed by atoms with Crippen molar-refractivity contribution in [3.8, 4) is 0 Å². The third-order valence-corrected chi connectivity index (χ3v) is 3.78. The van der Waals surface area contributed by atoms with E-state index in [-0.39, 0.29) is 12.7 Å². The average molecular weight is 260 g/mol. The number of likely N-dealkylation sites (N-methyl/N-ethyl adjacent to an activating group) is 1. The van der Waals surface area contributed by atoms with Crippen LogP contribution in [0.4, 0.5) is 0 Å². The van der Waals surface area contributed by atoms with Gasteiger partial charge in [0.1, 0.15) is 0 Å². The highest BCUT2D eigenvalue weighted by atomic mass is 16.5. The number of para-hydroxylation sites is 1. The van der Waals surface area contributed by atoms with Crippen LogP contribution in [0.2, 0.25) is 0 Å². The van der Waals surface area contributed by atoms with E-state index in [1.807, 2.05) is 18.3 Å². The SMILES string of the molecule is CN1CCOC(Cn2cc(CO)c3ccccc32)C1. The number of fused-ring (bicyclic) bond motifs is 1. The Labute approximate surface area is 113 Å². The highest BCUT2D eigenvalue weighted by Crippen LogP contribution is 2.22. The summed E-state index contributed by atoms with van der Waals surface area (Å²) >= 11 is 0. The number of nitrogens with zero attached hydrogens (tertiary/aromatic N) is 2. The molecule has 1 saturated heterocycles. The molecule has 0 bridgehead atoms. The normalized spacial score (nSPS) is 21.1. The van der Waals surface area contributed by atoms with E-state index in [1.54, 1.807) is 0 Å². The first-order chi connectivity index (χ1) is 9.28. The molecule has 1 fully saturated rings. The second kappa shape index (κ2) is 5.33. The minimum absolute atomic E-state index is 0.0823. The second-order valence-electron chi connectivity index (χ2n) is 5.24. The quantitative estimate of drug-likeness (QED) is 0.908. The first-order valence-electron chi connectivity index (χ1n) is 6.75. The van der Waals surface area contributed by atoms with Gasteiger partial charge in [-0.1, -0.05) is 18.2 Å². The molecule has 1 aliphatic rings. The molecular formula is C15H20N2O2. The molecule has 1 aromatic heterocycles. The molecular weight excluding hydrogens is 240 g/mol. The standard InChI is InChI=1S/C15H20N2O2/c1-16-6-7-19-13(9-16)10-17-8-12(11-18)14-4-2-3-5-15(14)17/h2-5,8,13,18H,6-7,9-11H2,1H3. The summed E-state index contributed by atoms with van der Waals surface area (Å²) in [6.45, 7) is 3.68. The predicted molar refractivity (Wildman–Crippen MR) is 75.1 cm³/mol. The number of morpholine rings is 1. The molecule has 0 aliphatic carbocycles. The lowest BCUT2D eigenvalue weighted by molar-refractivity contribution is -0.0269. The van der Waals surface area contributed by atoms with Crippen LogP contribution < -0.4 is 0 Å². The van der Waals surface area contributed by atoms with Crippen LogP contribution in [0.1, 0.15) is 5.56 Å². The number of ether oxygens (including phenoxy) is 1. The van der Waals surface area contributed by atoms with E-state index < -0.39 is 0 Å². The van der Waals surface area contributed by atoms with Gasteiger partial charge < -0.3 is 19.3 Å². The average Bonchev–Trinajstić information content (AvgIpc) is 2.77. The van der Waals surface area contributed by atoms with Gasteiger partial charge >= 0.3 is 0 Å². The van der Waals surface area contributed by atoms with Crippen molar-refractivity contribution in [2.75, 3.05) is 26.7 Å². The van der Waals surface area contributed by atoms with E-state index in [9.17, 15) is 5.11 Å². The molecule has 2 aromatic rings. The molecule has 0 spiro atoms. The zero-order chi connectivity index (χ0) is 13.2. The van der Waals surface area contributed by atoms with Crippen LogP contribution in [-0.4, -0.2) is 47.4 Å². The molecule has 2 heterocycles. The van der Waals surface area contributed by atoms with Gasteiger partial charge in [0, 0.05) is 35.8 Å². The number of hydrogen-bond donors (Lipinski definition) is 1. The van der Waals surface area contributed by atoms with Crippen molar-refractivity contribution in [3.05, 3.63) is 36.0 Å². The summed E-state index contributed by atoms with van der Waals surface area (Å²) in [7, 11) is 2.13. The zero-order valence-electron chi connectivity index (χ0n) is 11.2. The molecule has 3 rings (SSSR count). The van der Waals surface area contributed by atoms with Crippen molar-refractivity contribution in [2.45, 2.75) is 19.3 Å². The molecule has 19 heavy (non-hydrogen) atoms. The summed E-state index contributed by atoms with van der Waals surface area (Å²) in [5, 5.41) is 10.6. The molecule has 4 heteroatoms. The van der Waals surface area contributed by atoms with Gasteiger partial charge in [-0.25, -0.2) is 0 Å². The van der Waals surface area contributed by atoms with E-state index in [1.165, 1.54) is 5.52 Å². The Kier molecular flexibility index (Phi) is 3.55. The lowest BCUT2D eigenvalue weighted by atomic mass is 10.2. The Morgan fingerprint density at radius 1 is 1.37 bits per heavy atom. The largest absolute Gasteiger partial charge is 0.392 e. The van der Waals surface area contributed by atoms with Crippen molar-refractivity contribution in [2.24, 2.45) is 0 Å². The molecule has 0 radical (unpaired) electrons. The third-order valence-electron chi connectivity index (χ3n) is 3.78.